The Balaban J connectivity index is 1.54. The monoisotopic (exact) mass is 371 g/mol. The number of carbonyl (C=O) groups is 3. The molecule has 4 N–H and O–H groups in total. The second-order valence-corrected chi connectivity index (χ2v) is 7.67. The number of amides is 4. The van der Waals surface area contributed by atoms with E-state index in [1.165, 1.54) is 11.8 Å². The van der Waals surface area contributed by atoms with E-state index in [2.05, 4.69) is 21.5 Å². The van der Waals surface area contributed by atoms with E-state index in [1.54, 1.807) is 0 Å². The molecular formula is C19H25N5O3. The quantitative estimate of drug-likeness (QED) is 0.624. The Morgan fingerprint density at radius 1 is 1.15 bits per heavy atom. The Hall–Kier alpha value is -2.45. The number of hydrogen-bond acceptors (Lipinski definition) is 5. The molecule has 4 rings (SSSR count). The minimum Gasteiger partial charge on any atom is -0.339 e. The summed E-state index contributed by atoms with van der Waals surface area (Å²) >= 11 is 0. The number of urea groups is 1. The van der Waals surface area contributed by atoms with Crippen LogP contribution in [0.3, 0.4) is 0 Å². The van der Waals surface area contributed by atoms with Crippen LogP contribution in [0.4, 0.5) is 4.79 Å². The molecule has 3 aliphatic rings. The van der Waals surface area contributed by atoms with Gasteiger partial charge in [-0.3, -0.25) is 19.9 Å². The van der Waals surface area contributed by atoms with Crippen LogP contribution in [0, 0.1) is 11.8 Å². The first-order chi connectivity index (χ1) is 13.0. The van der Waals surface area contributed by atoms with E-state index >= 15 is 0 Å². The minimum atomic E-state index is -0.333. The van der Waals surface area contributed by atoms with Gasteiger partial charge in [0, 0.05) is 24.9 Å². The highest BCUT2D eigenvalue weighted by Crippen LogP contribution is 2.38. The Bertz CT molecular complexity index is 755. The van der Waals surface area contributed by atoms with Crippen molar-refractivity contribution in [3.63, 3.8) is 0 Å². The Morgan fingerprint density at radius 2 is 1.89 bits per heavy atom. The van der Waals surface area contributed by atoms with Crippen LogP contribution >= 0.6 is 0 Å². The van der Waals surface area contributed by atoms with Crippen molar-refractivity contribution >= 4 is 17.8 Å². The van der Waals surface area contributed by atoms with E-state index in [0.717, 1.165) is 5.56 Å². The van der Waals surface area contributed by atoms with Gasteiger partial charge in [0.15, 0.2) is 0 Å². The summed E-state index contributed by atoms with van der Waals surface area (Å²) in [6, 6.07) is 8.82. The number of nitrogens with one attached hydrogen (secondary N) is 4. The van der Waals surface area contributed by atoms with Gasteiger partial charge in [-0.1, -0.05) is 30.3 Å². The Kier molecular flexibility index (Phi) is 4.61. The second-order valence-electron chi connectivity index (χ2n) is 7.67. The predicted octanol–water partition coefficient (Wildman–Crippen LogP) is 0.633. The fourth-order valence-corrected chi connectivity index (χ4v) is 4.62. The number of fused-ring (bicyclic) bond motifs is 2. The Labute approximate surface area is 158 Å². The second kappa shape index (κ2) is 6.94. The topological polar surface area (TPSA) is 103 Å². The molecule has 1 aliphatic carbocycles. The van der Waals surface area contributed by atoms with Gasteiger partial charge in [0.25, 0.3) is 0 Å². The number of hydrogen-bond donors (Lipinski definition) is 4. The van der Waals surface area contributed by atoms with Crippen LogP contribution in [0.25, 0.3) is 0 Å². The zero-order chi connectivity index (χ0) is 19.1. The lowest BCUT2D eigenvalue weighted by Gasteiger charge is -2.45. The first-order valence-electron chi connectivity index (χ1n) is 9.42. The average molecular weight is 371 g/mol. The lowest BCUT2D eigenvalue weighted by molar-refractivity contribution is -0.139. The minimum absolute atomic E-state index is 0.1000. The molecule has 4 amide bonds. The van der Waals surface area contributed by atoms with Crippen molar-refractivity contribution in [2.45, 2.75) is 51.0 Å². The molecule has 0 aromatic heterocycles. The van der Waals surface area contributed by atoms with Crippen LogP contribution in [0.1, 0.15) is 38.3 Å². The normalized spacial score (nSPS) is 33.7. The number of benzene rings is 1. The maximum absolute atomic E-state index is 13.2. The molecule has 0 spiro atoms. The molecule has 2 saturated heterocycles. The zero-order valence-electron chi connectivity index (χ0n) is 15.4. The molecule has 6 atom stereocenters. The number of rotatable bonds is 3. The van der Waals surface area contributed by atoms with E-state index < -0.39 is 0 Å². The molecule has 2 aliphatic heterocycles. The van der Waals surface area contributed by atoms with Crippen molar-refractivity contribution in [1.29, 1.82) is 0 Å². The van der Waals surface area contributed by atoms with Gasteiger partial charge in [-0.25, -0.2) is 10.2 Å². The van der Waals surface area contributed by atoms with Gasteiger partial charge in [0.2, 0.25) is 11.8 Å². The summed E-state index contributed by atoms with van der Waals surface area (Å²) in [7, 11) is 0. The molecule has 3 fully saturated rings. The fraction of sp³-hybridized carbons (Fsp3) is 0.526. The van der Waals surface area contributed by atoms with Crippen molar-refractivity contribution in [1.82, 2.24) is 26.4 Å². The molecule has 1 aromatic carbocycles. The molecule has 8 heteroatoms. The number of imide groups is 1. The molecule has 1 aromatic rings. The Morgan fingerprint density at radius 3 is 2.59 bits per heavy atom. The van der Waals surface area contributed by atoms with Gasteiger partial charge in [0.1, 0.15) is 0 Å². The first kappa shape index (κ1) is 17.9. The molecule has 0 bridgehead atoms. The van der Waals surface area contributed by atoms with Gasteiger partial charge < -0.3 is 10.6 Å². The number of nitrogens with zero attached hydrogens (tertiary/aromatic N) is 1. The van der Waals surface area contributed by atoms with Crippen molar-refractivity contribution < 1.29 is 14.4 Å². The maximum atomic E-state index is 13.2. The van der Waals surface area contributed by atoms with Crippen LogP contribution in [-0.2, 0) is 9.59 Å². The summed E-state index contributed by atoms with van der Waals surface area (Å²) in [5, 5.41) is 5.92. The molecule has 0 radical (unpaired) electrons. The van der Waals surface area contributed by atoms with Crippen LogP contribution in [0.2, 0.25) is 0 Å². The van der Waals surface area contributed by atoms with E-state index in [-0.39, 0.29) is 54.0 Å². The molecular weight excluding hydrogens is 346 g/mol. The lowest BCUT2D eigenvalue weighted by atomic mass is 9.73. The summed E-state index contributed by atoms with van der Waals surface area (Å²) in [5.41, 5.74) is 7.23. The highest BCUT2D eigenvalue weighted by atomic mass is 16.2. The van der Waals surface area contributed by atoms with Gasteiger partial charge >= 0.3 is 6.03 Å². The fourth-order valence-electron chi connectivity index (χ4n) is 4.62. The molecule has 144 valence electrons. The summed E-state index contributed by atoms with van der Waals surface area (Å²) < 4.78 is 0. The van der Waals surface area contributed by atoms with Crippen LogP contribution < -0.4 is 21.5 Å². The number of carbonyl (C=O) groups excluding carboxylic acids is 3. The smallest absolute Gasteiger partial charge is 0.324 e. The van der Waals surface area contributed by atoms with Gasteiger partial charge in [-0.05, 0) is 25.3 Å². The average Bonchev–Trinajstić information content (AvgIpc) is 3.02. The van der Waals surface area contributed by atoms with Crippen molar-refractivity contribution in [2.24, 2.45) is 11.8 Å². The first-order valence-corrected chi connectivity index (χ1v) is 9.42. The van der Waals surface area contributed by atoms with Crippen LogP contribution in [0.15, 0.2) is 30.3 Å². The zero-order valence-corrected chi connectivity index (χ0v) is 15.4. The van der Waals surface area contributed by atoms with Gasteiger partial charge in [0.05, 0.1) is 18.1 Å². The van der Waals surface area contributed by atoms with Crippen LogP contribution in [-0.4, -0.2) is 41.0 Å². The van der Waals surface area contributed by atoms with E-state index in [1.807, 2.05) is 37.3 Å². The summed E-state index contributed by atoms with van der Waals surface area (Å²) in [4.78, 5) is 38.7. The highest BCUT2D eigenvalue weighted by molar-refractivity contribution is 5.99. The lowest BCUT2D eigenvalue weighted by Crippen LogP contribution is -2.64. The third-order valence-electron chi connectivity index (χ3n) is 6.00. The summed E-state index contributed by atoms with van der Waals surface area (Å²) in [6.45, 7) is 3.35. The molecule has 1 saturated carbocycles. The van der Waals surface area contributed by atoms with E-state index in [9.17, 15) is 14.4 Å². The predicted molar refractivity (Wildman–Crippen MR) is 97.9 cm³/mol. The van der Waals surface area contributed by atoms with Crippen molar-refractivity contribution in [3.05, 3.63) is 35.9 Å². The maximum Gasteiger partial charge on any atom is 0.324 e. The molecule has 5 unspecified atom stereocenters. The third kappa shape index (κ3) is 3.19. The standard InChI is InChI=1S/C19H25N5O3/c1-10(12-6-4-3-5-7-12)24-18(26)14-8-13-16(9-15(14)21-19(24)27)22-23-17(13)20-11(2)25/h3-7,10,13-17,22-23H,8-9H2,1-2H3,(H,20,25)(H,21,27)/t10-,13?,14?,15?,16?,17?/m1/s1. The largest absolute Gasteiger partial charge is 0.339 e. The third-order valence-corrected chi connectivity index (χ3v) is 6.00. The summed E-state index contributed by atoms with van der Waals surface area (Å²) in [6.07, 6.45) is 1.06. The molecule has 27 heavy (non-hydrogen) atoms. The van der Waals surface area contributed by atoms with E-state index in [4.69, 9.17) is 0 Å². The van der Waals surface area contributed by atoms with E-state index in [0.29, 0.717) is 12.8 Å². The molecule has 2 heterocycles. The molecule has 8 nitrogen and oxygen atoms in total. The van der Waals surface area contributed by atoms with Crippen molar-refractivity contribution in [3.8, 4) is 0 Å². The van der Waals surface area contributed by atoms with Gasteiger partial charge in [-0.2, -0.15) is 0 Å². The van der Waals surface area contributed by atoms with Gasteiger partial charge in [-0.15, -0.1) is 0 Å². The highest BCUT2D eigenvalue weighted by Gasteiger charge is 2.52. The number of hydrazine groups is 1. The summed E-state index contributed by atoms with van der Waals surface area (Å²) in [5.74, 6) is -0.428. The SMILES string of the molecule is CC(=O)NC1NNC2CC3NC(=O)N([C@H](C)c4ccccc4)C(=O)C3CC21. The van der Waals surface area contributed by atoms with Crippen molar-refractivity contribution in [2.75, 3.05) is 0 Å². The van der Waals surface area contributed by atoms with Crippen LogP contribution in [0.5, 0.6) is 0 Å².